The lowest BCUT2D eigenvalue weighted by Gasteiger charge is -2.28. The number of hydrogen-bond donors (Lipinski definition) is 1. The molecule has 1 aromatic heterocycles. The third-order valence-electron chi connectivity index (χ3n) is 3.36. The Kier molecular flexibility index (Phi) is 4.36. The minimum Gasteiger partial charge on any atom is -0.392 e. The maximum Gasteiger partial charge on any atom is 0.269 e. The second kappa shape index (κ2) is 6.02. The molecule has 0 amide bonds. The molecule has 0 saturated heterocycles. The number of hydrogen-bond acceptors (Lipinski definition) is 5. The van der Waals surface area contributed by atoms with Crippen molar-refractivity contribution in [1.29, 1.82) is 0 Å². The van der Waals surface area contributed by atoms with E-state index in [2.05, 4.69) is 13.0 Å². The van der Waals surface area contributed by atoms with Gasteiger partial charge in [-0.25, -0.2) is 0 Å². The third kappa shape index (κ3) is 2.81. The van der Waals surface area contributed by atoms with Crippen molar-refractivity contribution in [2.45, 2.75) is 19.6 Å². The van der Waals surface area contributed by atoms with Crippen molar-refractivity contribution in [3.63, 3.8) is 0 Å². The van der Waals surface area contributed by atoms with Crippen LogP contribution in [0.1, 0.15) is 23.4 Å². The summed E-state index contributed by atoms with van der Waals surface area (Å²) in [4.78, 5) is 13.5. The van der Waals surface area contributed by atoms with Crippen LogP contribution in [0.3, 0.4) is 0 Å². The molecule has 0 aliphatic rings. The SMILES string of the molecule is CC(c1cccs1)N(C)c1ccc([N+](=O)[O-])cc1CO. The van der Waals surface area contributed by atoms with Crippen molar-refractivity contribution < 1.29 is 10.0 Å². The fourth-order valence-electron chi connectivity index (χ4n) is 2.08. The van der Waals surface area contributed by atoms with Crippen LogP contribution in [0.5, 0.6) is 0 Å². The van der Waals surface area contributed by atoms with E-state index in [1.807, 2.05) is 23.4 Å². The number of aliphatic hydroxyl groups is 1. The van der Waals surface area contributed by atoms with E-state index in [0.29, 0.717) is 5.56 Å². The first-order valence-corrected chi connectivity index (χ1v) is 7.07. The minimum atomic E-state index is -0.453. The van der Waals surface area contributed by atoms with Crippen molar-refractivity contribution in [2.75, 3.05) is 11.9 Å². The van der Waals surface area contributed by atoms with Gasteiger partial charge < -0.3 is 10.0 Å². The molecule has 0 aliphatic carbocycles. The standard InChI is InChI=1S/C14H16N2O3S/c1-10(14-4-3-7-20-14)15(2)13-6-5-12(16(18)19)8-11(13)9-17/h3-8,10,17H,9H2,1-2H3. The lowest BCUT2D eigenvalue weighted by molar-refractivity contribution is -0.384. The summed E-state index contributed by atoms with van der Waals surface area (Å²) in [6.07, 6.45) is 0. The Morgan fingerprint density at radius 2 is 2.20 bits per heavy atom. The highest BCUT2D eigenvalue weighted by atomic mass is 32.1. The van der Waals surface area contributed by atoms with Crippen LogP contribution in [0.2, 0.25) is 0 Å². The Bertz CT molecular complexity index is 598. The fourth-order valence-corrected chi connectivity index (χ4v) is 2.91. The van der Waals surface area contributed by atoms with Crippen molar-refractivity contribution in [1.82, 2.24) is 0 Å². The van der Waals surface area contributed by atoms with Gasteiger partial charge in [-0.15, -0.1) is 11.3 Å². The number of thiophene rings is 1. The average molecular weight is 292 g/mol. The van der Waals surface area contributed by atoms with Gasteiger partial charge in [-0.1, -0.05) is 6.07 Å². The minimum absolute atomic E-state index is 0.00465. The van der Waals surface area contributed by atoms with Gasteiger partial charge in [-0.3, -0.25) is 10.1 Å². The molecule has 106 valence electrons. The fraction of sp³-hybridized carbons (Fsp3) is 0.286. The first kappa shape index (κ1) is 14.5. The zero-order valence-electron chi connectivity index (χ0n) is 11.3. The number of rotatable bonds is 5. The molecular formula is C14H16N2O3S. The van der Waals surface area contributed by atoms with Gasteiger partial charge in [0.2, 0.25) is 0 Å². The molecular weight excluding hydrogens is 276 g/mol. The molecule has 0 fully saturated rings. The predicted molar refractivity (Wildman–Crippen MR) is 80.2 cm³/mol. The van der Waals surface area contributed by atoms with Gasteiger partial charge in [0.15, 0.2) is 0 Å². The number of non-ortho nitro benzene ring substituents is 1. The monoisotopic (exact) mass is 292 g/mol. The summed E-state index contributed by atoms with van der Waals surface area (Å²) in [5, 5.41) is 22.2. The Morgan fingerprint density at radius 3 is 2.75 bits per heavy atom. The largest absolute Gasteiger partial charge is 0.392 e. The van der Waals surface area contributed by atoms with E-state index in [4.69, 9.17) is 0 Å². The highest BCUT2D eigenvalue weighted by molar-refractivity contribution is 7.10. The summed E-state index contributed by atoms with van der Waals surface area (Å²) >= 11 is 1.66. The molecule has 20 heavy (non-hydrogen) atoms. The topological polar surface area (TPSA) is 66.6 Å². The number of nitro groups is 1. The number of nitro benzene ring substituents is 1. The summed E-state index contributed by atoms with van der Waals surface area (Å²) in [6, 6.07) is 8.76. The Labute approximate surface area is 121 Å². The summed E-state index contributed by atoms with van der Waals surface area (Å²) < 4.78 is 0. The quantitative estimate of drug-likeness (QED) is 0.678. The smallest absolute Gasteiger partial charge is 0.269 e. The molecule has 0 radical (unpaired) electrons. The van der Waals surface area contributed by atoms with E-state index in [9.17, 15) is 15.2 Å². The molecule has 0 saturated carbocycles. The summed E-state index contributed by atoms with van der Waals surface area (Å²) in [7, 11) is 1.92. The maximum atomic E-state index is 10.8. The Hall–Kier alpha value is -1.92. The van der Waals surface area contributed by atoms with Crippen molar-refractivity contribution in [3.05, 3.63) is 56.3 Å². The van der Waals surface area contributed by atoms with Crippen LogP contribution in [-0.4, -0.2) is 17.1 Å². The van der Waals surface area contributed by atoms with Crippen LogP contribution >= 0.6 is 11.3 Å². The molecule has 0 aliphatic heterocycles. The number of anilines is 1. The zero-order chi connectivity index (χ0) is 14.7. The van der Waals surface area contributed by atoms with E-state index < -0.39 is 4.92 Å². The van der Waals surface area contributed by atoms with Gasteiger partial charge in [-0.2, -0.15) is 0 Å². The molecule has 2 rings (SSSR count). The van der Waals surface area contributed by atoms with E-state index in [-0.39, 0.29) is 18.3 Å². The van der Waals surface area contributed by atoms with Gasteiger partial charge in [-0.05, 0) is 24.4 Å². The first-order chi connectivity index (χ1) is 9.54. The highest BCUT2D eigenvalue weighted by Crippen LogP contribution is 2.32. The van der Waals surface area contributed by atoms with Gasteiger partial charge >= 0.3 is 0 Å². The number of aliphatic hydroxyl groups excluding tert-OH is 1. The van der Waals surface area contributed by atoms with Crippen LogP contribution < -0.4 is 4.90 Å². The van der Waals surface area contributed by atoms with Crippen molar-refractivity contribution >= 4 is 22.7 Å². The van der Waals surface area contributed by atoms with E-state index in [1.165, 1.54) is 17.0 Å². The number of nitrogens with zero attached hydrogens (tertiary/aromatic N) is 2. The summed E-state index contributed by atoms with van der Waals surface area (Å²) in [5.74, 6) is 0. The molecule has 2 aromatic rings. The van der Waals surface area contributed by atoms with Crippen molar-refractivity contribution in [2.24, 2.45) is 0 Å². The summed E-state index contributed by atoms with van der Waals surface area (Å²) in [5.41, 5.74) is 1.36. The molecule has 1 N–H and O–H groups in total. The maximum absolute atomic E-state index is 10.8. The lowest BCUT2D eigenvalue weighted by Crippen LogP contribution is -2.22. The van der Waals surface area contributed by atoms with Crippen LogP contribution in [0.4, 0.5) is 11.4 Å². The van der Waals surface area contributed by atoms with Crippen LogP contribution in [0, 0.1) is 10.1 Å². The first-order valence-electron chi connectivity index (χ1n) is 6.19. The molecule has 5 nitrogen and oxygen atoms in total. The van der Waals surface area contributed by atoms with Crippen molar-refractivity contribution in [3.8, 4) is 0 Å². The molecule has 0 spiro atoms. The second-order valence-corrected chi connectivity index (χ2v) is 5.51. The molecule has 1 aromatic carbocycles. The molecule has 1 heterocycles. The Morgan fingerprint density at radius 1 is 1.45 bits per heavy atom. The normalized spacial score (nSPS) is 12.2. The predicted octanol–water partition coefficient (Wildman–Crippen LogP) is 3.35. The third-order valence-corrected chi connectivity index (χ3v) is 4.40. The molecule has 1 atom stereocenters. The molecule has 6 heteroatoms. The Balaban J connectivity index is 2.34. The van der Waals surface area contributed by atoms with E-state index >= 15 is 0 Å². The van der Waals surface area contributed by atoms with Gasteiger partial charge in [0.05, 0.1) is 17.6 Å². The zero-order valence-corrected chi connectivity index (χ0v) is 12.1. The average Bonchev–Trinajstić information content (AvgIpc) is 2.99. The van der Waals surface area contributed by atoms with Gasteiger partial charge in [0.1, 0.15) is 0 Å². The molecule has 0 bridgehead atoms. The van der Waals surface area contributed by atoms with E-state index in [1.54, 1.807) is 17.4 Å². The van der Waals surface area contributed by atoms with Gasteiger partial charge in [0.25, 0.3) is 5.69 Å². The number of benzene rings is 1. The van der Waals surface area contributed by atoms with Crippen LogP contribution in [0.25, 0.3) is 0 Å². The summed E-state index contributed by atoms with van der Waals surface area (Å²) in [6.45, 7) is 1.84. The van der Waals surface area contributed by atoms with E-state index in [0.717, 1.165) is 5.69 Å². The van der Waals surface area contributed by atoms with Gasteiger partial charge in [0, 0.05) is 35.3 Å². The molecule has 1 unspecified atom stereocenters. The highest BCUT2D eigenvalue weighted by Gasteiger charge is 2.18. The lowest BCUT2D eigenvalue weighted by atomic mass is 10.1. The van der Waals surface area contributed by atoms with Crippen LogP contribution in [0.15, 0.2) is 35.7 Å². The second-order valence-electron chi connectivity index (χ2n) is 4.53. The van der Waals surface area contributed by atoms with Crippen LogP contribution in [-0.2, 0) is 6.61 Å².